The molecule has 0 atom stereocenters. The van der Waals surface area contributed by atoms with Crippen LogP contribution in [0.5, 0.6) is 5.75 Å². The number of hydrogen-bond donors (Lipinski definition) is 1. The number of carbonyl (C=O) groups excluding carboxylic acids is 1. The van der Waals surface area contributed by atoms with Gasteiger partial charge in [-0.2, -0.15) is 5.10 Å². The largest absolute Gasteiger partial charge is 0.483 e. The van der Waals surface area contributed by atoms with Gasteiger partial charge in [-0.1, -0.05) is 43.3 Å². The van der Waals surface area contributed by atoms with Gasteiger partial charge in [-0.15, -0.1) is 0 Å². The van der Waals surface area contributed by atoms with Gasteiger partial charge in [0, 0.05) is 0 Å². The third-order valence-electron chi connectivity index (χ3n) is 3.70. The molecule has 0 bridgehead atoms. The summed E-state index contributed by atoms with van der Waals surface area (Å²) in [5.41, 5.74) is 6.86. The maximum absolute atomic E-state index is 11.8. The fraction of sp³-hybridized carbons (Fsp3) is 0.263. The molecule has 0 aliphatic heterocycles. The average Bonchev–Trinajstić information content (AvgIpc) is 2.57. The van der Waals surface area contributed by atoms with Crippen LogP contribution in [0.15, 0.2) is 47.6 Å². The highest BCUT2D eigenvalue weighted by molar-refractivity contribution is 5.82. The summed E-state index contributed by atoms with van der Waals surface area (Å²) in [4.78, 5) is 11.8. The fourth-order valence-electron chi connectivity index (χ4n) is 2.07. The summed E-state index contributed by atoms with van der Waals surface area (Å²) in [6, 6.07) is 13.8. The van der Waals surface area contributed by atoms with Gasteiger partial charge in [-0.05, 0) is 48.6 Å². The lowest BCUT2D eigenvalue weighted by Crippen LogP contribution is -2.24. The zero-order valence-corrected chi connectivity index (χ0v) is 13.8. The van der Waals surface area contributed by atoms with Crippen molar-refractivity contribution in [2.75, 3.05) is 6.61 Å². The number of ether oxygens (including phenoxy) is 1. The van der Waals surface area contributed by atoms with Crippen molar-refractivity contribution in [3.63, 3.8) is 0 Å². The van der Waals surface area contributed by atoms with E-state index in [1.54, 1.807) is 6.21 Å². The molecule has 23 heavy (non-hydrogen) atoms. The normalized spacial score (nSPS) is 10.7. The van der Waals surface area contributed by atoms with Crippen LogP contribution in [0.4, 0.5) is 0 Å². The van der Waals surface area contributed by atoms with E-state index < -0.39 is 0 Å². The van der Waals surface area contributed by atoms with Crippen molar-refractivity contribution in [2.24, 2.45) is 5.10 Å². The summed E-state index contributed by atoms with van der Waals surface area (Å²) in [5, 5.41) is 3.94. The lowest BCUT2D eigenvalue weighted by Gasteiger charge is -2.09. The second-order valence-corrected chi connectivity index (χ2v) is 5.38. The standard InChI is InChI=1S/C19H22N2O2/c1-4-16-8-10-17(11-9-16)12-20-21-19(22)13-23-18-7-5-6-14(2)15(18)3/h5-12H,4,13H2,1-3H3,(H,21,22)/b20-12-. The maximum atomic E-state index is 11.8. The van der Waals surface area contributed by atoms with Crippen LogP contribution in [-0.4, -0.2) is 18.7 Å². The first-order valence-electron chi connectivity index (χ1n) is 7.70. The predicted molar refractivity (Wildman–Crippen MR) is 93.0 cm³/mol. The Morgan fingerprint density at radius 3 is 2.61 bits per heavy atom. The van der Waals surface area contributed by atoms with Crippen LogP contribution in [-0.2, 0) is 11.2 Å². The highest BCUT2D eigenvalue weighted by Crippen LogP contribution is 2.20. The predicted octanol–water partition coefficient (Wildman–Crippen LogP) is 3.39. The maximum Gasteiger partial charge on any atom is 0.277 e. The topological polar surface area (TPSA) is 50.7 Å². The van der Waals surface area contributed by atoms with Gasteiger partial charge in [0.15, 0.2) is 6.61 Å². The molecule has 0 spiro atoms. The molecule has 0 saturated carbocycles. The minimum atomic E-state index is -0.285. The van der Waals surface area contributed by atoms with Gasteiger partial charge in [0.1, 0.15) is 5.75 Å². The molecule has 0 heterocycles. The molecule has 1 N–H and O–H groups in total. The van der Waals surface area contributed by atoms with Crippen LogP contribution in [0.3, 0.4) is 0 Å². The quantitative estimate of drug-likeness (QED) is 0.657. The molecule has 2 aromatic carbocycles. The Morgan fingerprint density at radius 1 is 1.17 bits per heavy atom. The Balaban J connectivity index is 1.82. The molecule has 0 aliphatic rings. The van der Waals surface area contributed by atoms with Crippen LogP contribution in [0.1, 0.15) is 29.2 Å². The highest BCUT2D eigenvalue weighted by Gasteiger charge is 2.05. The third-order valence-corrected chi connectivity index (χ3v) is 3.70. The zero-order valence-electron chi connectivity index (χ0n) is 13.8. The molecule has 0 saturated heterocycles. The SMILES string of the molecule is CCc1ccc(/C=N\NC(=O)COc2cccc(C)c2C)cc1. The summed E-state index contributed by atoms with van der Waals surface area (Å²) >= 11 is 0. The Bertz CT molecular complexity index is 691. The van der Waals surface area contributed by atoms with Crippen molar-refractivity contribution < 1.29 is 9.53 Å². The van der Waals surface area contributed by atoms with E-state index >= 15 is 0 Å². The minimum Gasteiger partial charge on any atom is -0.483 e. The molecule has 0 fully saturated rings. The van der Waals surface area contributed by atoms with E-state index in [0.717, 1.165) is 28.9 Å². The number of aryl methyl sites for hydroxylation is 2. The van der Waals surface area contributed by atoms with Gasteiger partial charge in [0.05, 0.1) is 6.21 Å². The Labute approximate surface area is 137 Å². The summed E-state index contributed by atoms with van der Waals surface area (Å²) < 4.78 is 5.53. The van der Waals surface area contributed by atoms with Gasteiger partial charge >= 0.3 is 0 Å². The van der Waals surface area contributed by atoms with E-state index in [4.69, 9.17) is 4.74 Å². The van der Waals surface area contributed by atoms with E-state index in [9.17, 15) is 4.79 Å². The second kappa shape index (κ2) is 8.13. The number of hydrazone groups is 1. The Hall–Kier alpha value is -2.62. The lowest BCUT2D eigenvalue weighted by molar-refractivity contribution is -0.123. The Morgan fingerprint density at radius 2 is 1.91 bits per heavy atom. The third kappa shape index (κ3) is 4.95. The summed E-state index contributed by atoms with van der Waals surface area (Å²) in [6.07, 6.45) is 2.62. The number of carbonyl (C=O) groups is 1. The van der Waals surface area contributed by atoms with E-state index in [1.165, 1.54) is 5.56 Å². The first-order valence-corrected chi connectivity index (χ1v) is 7.70. The zero-order chi connectivity index (χ0) is 16.7. The van der Waals surface area contributed by atoms with Crippen LogP contribution in [0.25, 0.3) is 0 Å². The molecule has 0 radical (unpaired) electrons. The smallest absolute Gasteiger partial charge is 0.277 e. The van der Waals surface area contributed by atoms with Crippen LogP contribution >= 0.6 is 0 Å². The highest BCUT2D eigenvalue weighted by atomic mass is 16.5. The lowest BCUT2D eigenvalue weighted by atomic mass is 10.1. The van der Waals surface area contributed by atoms with E-state index in [1.807, 2.05) is 56.3 Å². The molecule has 1 amide bonds. The molecule has 4 nitrogen and oxygen atoms in total. The van der Waals surface area contributed by atoms with Crippen molar-refractivity contribution in [1.29, 1.82) is 0 Å². The number of amides is 1. The molecule has 4 heteroatoms. The number of hydrogen-bond acceptors (Lipinski definition) is 3. The van der Waals surface area contributed by atoms with Crippen molar-refractivity contribution in [1.82, 2.24) is 5.43 Å². The van der Waals surface area contributed by atoms with E-state index in [-0.39, 0.29) is 12.5 Å². The van der Waals surface area contributed by atoms with Crippen molar-refractivity contribution >= 4 is 12.1 Å². The second-order valence-electron chi connectivity index (χ2n) is 5.38. The Kier molecular flexibility index (Phi) is 5.92. The molecule has 0 unspecified atom stereocenters. The molecule has 0 aliphatic carbocycles. The van der Waals surface area contributed by atoms with E-state index in [2.05, 4.69) is 17.5 Å². The monoisotopic (exact) mass is 310 g/mol. The van der Waals surface area contributed by atoms with Crippen LogP contribution in [0.2, 0.25) is 0 Å². The number of rotatable bonds is 6. The van der Waals surface area contributed by atoms with Gasteiger partial charge < -0.3 is 4.74 Å². The molecule has 0 aromatic heterocycles. The number of benzene rings is 2. The van der Waals surface area contributed by atoms with Gasteiger partial charge in [0.25, 0.3) is 5.91 Å². The van der Waals surface area contributed by atoms with Crippen LogP contribution in [0, 0.1) is 13.8 Å². The van der Waals surface area contributed by atoms with Gasteiger partial charge in [-0.3, -0.25) is 4.79 Å². The summed E-state index contributed by atoms with van der Waals surface area (Å²) in [7, 11) is 0. The number of nitrogens with one attached hydrogen (secondary N) is 1. The van der Waals surface area contributed by atoms with Crippen molar-refractivity contribution in [3.05, 3.63) is 64.7 Å². The fourth-order valence-corrected chi connectivity index (χ4v) is 2.07. The van der Waals surface area contributed by atoms with Gasteiger partial charge in [-0.25, -0.2) is 5.43 Å². The van der Waals surface area contributed by atoms with Crippen molar-refractivity contribution in [3.8, 4) is 5.75 Å². The van der Waals surface area contributed by atoms with Crippen LogP contribution < -0.4 is 10.2 Å². The first kappa shape index (κ1) is 16.7. The molecule has 2 rings (SSSR count). The first-order chi connectivity index (χ1) is 11.1. The average molecular weight is 310 g/mol. The molecular weight excluding hydrogens is 288 g/mol. The molecule has 2 aromatic rings. The molecule has 120 valence electrons. The minimum absolute atomic E-state index is 0.0591. The van der Waals surface area contributed by atoms with E-state index in [0.29, 0.717) is 0 Å². The summed E-state index contributed by atoms with van der Waals surface area (Å²) in [5.74, 6) is 0.437. The molecular formula is C19H22N2O2. The van der Waals surface area contributed by atoms with Crippen molar-refractivity contribution in [2.45, 2.75) is 27.2 Å². The van der Waals surface area contributed by atoms with Gasteiger partial charge in [0.2, 0.25) is 0 Å². The number of nitrogens with zero attached hydrogens (tertiary/aromatic N) is 1. The summed E-state index contributed by atoms with van der Waals surface area (Å²) in [6.45, 7) is 6.03.